The van der Waals surface area contributed by atoms with Gasteiger partial charge in [-0.3, -0.25) is 4.79 Å². The van der Waals surface area contributed by atoms with Crippen molar-refractivity contribution in [2.24, 2.45) is 11.7 Å². The van der Waals surface area contributed by atoms with E-state index in [1.165, 1.54) is 11.1 Å². The first-order valence-electron chi connectivity index (χ1n) is 11.5. The van der Waals surface area contributed by atoms with Gasteiger partial charge in [-0.2, -0.15) is 0 Å². The Hall–Kier alpha value is -1.63. The highest BCUT2D eigenvalue weighted by atomic mass is 16.5. The van der Waals surface area contributed by atoms with Gasteiger partial charge in [-0.15, -0.1) is 0 Å². The molecule has 1 aliphatic carbocycles. The number of piperidine rings is 1. The summed E-state index contributed by atoms with van der Waals surface area (Å²) >= 11 is 0. The summed E-state index contributed by atoms with van der Waals surface area (Å²) in [7, 11) is 1.72. The van der Waals surface area contributed by atoms with Gasteiger partial charge in [0.05, 0.1) is 19.8 Å². The Morgan fingerprint density at radius 3 is 2.80 bits per heavy atom. The SMILES string of the molecule is CCCO[C@@H]1CC[C@H](C(=O)N2CCC3(CC2)OCCc2cccc(OC)c23)C[C@H]1N. The molecule has 2 fully saturated rings. The maximum atomic E-state index is 13.2. The second-order valence-electron chi connectivity index (χ2n) is 9.00. The number of carbonyl (C=O) groups excluding carboxylic acids is 1. The third kappa shape index (κ3) is 4.10. The van der Waals surface area contributed by atoms with E-state index in [1.54, 1.807) is 7.11 Å². The summed E-state index contributed by atoms with van der Waals surface area (Å²) in [6.07, 6.45) is 6.11. The van der Waals surface area contributed by atoms with Gasteiger partial charge in [-0.1, -0.05) is 19.1 Å². The Labute approximate surface area is 180 Å². The van der Waals surface area contributed by atoms with Crippen LogP contribution in [0.3, 0.4) is 0 Å². The molecule has 2 aliphatic heterocycles. The van der Waals surface area contributed by atoms with Crippen molar-refractivity contribution in [1.82, 2.24) is 4.90 Å². The lowest BCUT2D eigenvalue weighted by atomic mass is 9.78. The summed E-state index contributed by atoms with van der Waals surface area (Å²) in [5.41, 5.74) is 8.52. The molecule has 1 aromatic carbocycles. The van der Waals surface area contributed by atoms with Crippen LogP contribution in [0.4, 0.5) is 0 Å². The highest BCUT2D eigenvalue weighted by Crippen LogP contribution is 2.46. The van der Waals surface area contributed by atoms with Crippen LogP contribution in [0, 0.1) is 5.92 Å². The Kier molecular flexibility index (Phi) is 6.66. The predicted molar refractivity (Wildman–Crippen MR) is 115 cm³/mol. The Bertz CT molecular complexity index is 730. The molecule has 3 atom stereocenters. The summed E-state index contributed by atoms with van der Waals surface area (Å²) in [5, 5.41) is 0. The van der Waals surface area contributed by atoms with E-state index in [4.69, 9.17) is 19.9 Å². The molecular weight excluding hydrogens is 380 g/mol. The van der Waals surface area contributed by atoms with Crippen LogP contribution < -0.4 is 10.5 Å². The van der Waals surface area contributed by atoms with Crippen LogP contribution in [0.5, 0.6) is 5.75 Å². The maximum absolute atomic E-state index is 13.2. The zero-order valence-corrected chi connectivity index (χ0v) is 18.4. The van der Waals surface area contributed by atoms with Crippen LogP contribution in [-0.2, 0) is 26.3 Å². The van der Waals surface area contributed by atoms with Crippen molar-refractivity contribution >= 4 is 5.91 Å². The highest BCUT2D eigenvalue weighted by molar-refractivity contribution is 5.79. The van der Waals surface area contributed by atoms with Gasteiger partial charge in [0.15, 0.2) is 0 Å². The van der Waals surface area contributed by atoms with Crippen molar-refractivity contribution in [3.63, 3.8) is 0 Å². The van der Waals surface area contributed by atoms with Crippen molar-refractivity contribution < 1.29 is 19.0 Å². The van der Waals surface area contributed by atoms with Crippen LogP contribution in [-0.4, -0.2) is 56.4 Å². The number of carbonyl (C=O) groups is 1. The molecule has 3 aliphatic rings. The quantitative estimate of drug-likeness (QED) is 0.799. The van der Waals surface area contributed by atoms with Crippen molar-refractivity contribution in [3.05, 3.63) is 29.3 Å². The van der Waals surface area contributed by atoms with Crippen LogP contribution >= 0.6 is 0 Å². The smallest absolute Gasteiger partial charge is 0.225 e. The number of benzene rings is 1. The van der Waals surface area contributed by atoms with Gasteiger partial charge in [0.25, 0.3) is 0 Å². The Balaban J connectivity index is 1.40. The molecule has 1 spiro atoms. The molecule has 0 bridgehead atoms. The summed E-state index contributed by atoms with van der Waals surface area (Å²) < 4.78 is 17.9. The van der Waals surface area contributed by atoms with Crippen molar-refractivity contribution in [2.75, 3.05) is 33.4 Å². The molecule has 166 valence electrons. The van der Waals surface area contributed by atoms with Crippen molar-refractivity contribution in [1.29, 1.82) is 0 Å². The third-order valence-corrected chi connectivity index (χ3v) is 7.14. The fraction of sp³-hybridized carbons (Fsp3) is 0.708. The second-order valence-corrected chi connectivity index (χ2v) is 9.00. The van der Waals surface area contributed by atoms with Gasteiger partial charge in [0.1, 0.15) is 11.4 Å². The third-order valence-electron chi connectivity index (χ3n) is 7.14. The molecule has 1 aromatic rings. The van der Waals surface area contributed by atoms with Gasteiger partial charge in [0, 0.05) is 37.2 Å². The van der Waals surface area contributed by atoms with Crippen LogP contribution in [0.15, 0.2) is 18.2 Å². The van der Waals surface area contributed by atoms with Gasteiger partial charge < -0.3 is 24.8 Å². The molecule has 1 amide bonds. The number of nitrogens with two attached hydrogens (primary N) is 1. The number of likely N-dealkylation sites (tertiary alicyclic amines) is 1. The number of hydrogen-bond donors (Lipinski definition) is 1. The first-order valence-corrected chi connectivity index (χ1v) is 11.5. The van der Waals surface area contributed by atoms with Gasteiger partial charge >= 0.3 is 0 Å². The number of hydrogen-bond acceptors (Lipinski definition) is 5. The molecule has 6 nitrogen and oxygen atoms in total. The second kappa shape index (κ2) is 9.25. The zero-order valence-electron chi connectivity index (χ0n) is 18.4. The average molecular weight is 417 g/mol. The molecule has 0 unspecified atom stereocenters. The lowest BCUT2D eigenvalue weighted by Crippen LogP contribution is -2.52. The lowest BCUT2D eigenvalue weighted by molar-refractivity contribution is -0.147. The van der Waals surface area contributed by atoms with Gasteiger partial charge in [-0.05, 0) is 56.6 Å². The number of ether oxygens (including phenoxy) is 3. The Morgan fingerprint density at radius 1 is 1.30 bits per heavy atom. The summed E-state index contributed by atoms with van der Waals surface area (Å²) in [5.74, 6) is 1.18. The first kappa shape index (κ1) is 21.6. The monoisotopic (exact) mass is 416 g/mol. The molecule has 30 heavy (non-hydrogen) atoms. The minimum Gasteiger partial charge on any atom is -0.496 e. The van der Waals surface area contributed by atoms with Crippen LogP contribution in [0.1, 0.15) is 56.6 Å². The predicted octanol–water partition coefficient (Wildman–Crippen LogP) is 3.01. The van der Waals surface area contributed by atoms with E-state index in [0.29, 0.717) is 0 Å². The fourth-order valence-electron chi connectivity index (χ4n) is 5.52. The zero-order chi connectivity index (χ0) is 21.1. The van der Waals surface area contributed by atoms with Crippen molar-refractivity contribution in [3.8, 4) is 5.75 Å². The molecule has 2 heterocycles. The molecule has 1 saturated heterocycles. The van der Waals surface area contributed by atoms with E-state index in [9.17, 15) is 4.79 Å². The van der Waals surface area contributed by atoms with E-state index in [2.05, 4.69) is 19.1 Å². The minimum atomic E-state index is -0.334. The average Bonchev–Trinajstić information content (AvgIpc) is 2.78. The molecular formula is C24H36N2O4. The van der Waals surface area contributed by atoms with E-state index < -0.39 is 0 Å². The van der Waals surface area contributed by atoms with E-state index in [1.807, 2.05) is 11.0 Å². The van der Waals surface area contributed by atoms with Gasteiger partial charge in [-0.25, -0.2) is 0 Å². The largest absolute Gasteiger partial charge is 0.496 e. The molecule has 1 saturated carbocycles. The molecule has 2 N–H and O–H groups in total. The topological polar surface area (TPSA) is 74.0 Å². The number of rotatable bonds is 5. The summed E-state index contributed by atoms with van der Waals surface area (Å²) in [6.45, 7) is 5.02. The number of nitrogens with zero attached hydrogens (tertiary/aromatic N) is 1. The first-order chi connectivity index (χ1) is 14.6. The van der Waals surface area contributed by atoms with E-state index in [-0.39, 0.29) is 29.6 Å². The number of fused-ring (bicyclic) bond motifs is 2. The standard InChI is InChI=1S/C24H36N2O4/c1-3-14-29-20-8-7-18(16-19(20)25)23(27)26-12-10-24(11-13-26)22-17(9-15-30-24)5-4-6-21(22)28-2/h4-6,18-20H,3,7-16,25H2,1-2H3/t18-,19+,20+/m0/s1. The van der Waals surface area contributed by atoms with E-state index in [0.717, 1.165) is 77.0 Å². The minimum absolute atomic E-state index is 0.0182. The van der Waals surface area contributed by atoms with Gasteiger partial charge in [0.2, 0.25) is 5.91 Å². The summed E-state index contributed by atoms with van der Waals surface area (Å²) in [4.78, 5) is 15.3. The molecule has 0 radical (unpaired) electrons. The van der Waals surface area contributed by atoms with E-state index >= 15 is 0 Å². The Morgan fingerprint density at radius 2 is 2.10 bits per heavy atom. The van der Waals surface area contributed by atoms with Crippen molar-refractivity contribution in [2.45, 2.75) is 69.6 Å². The summed E-state index contributed by atoms with van der Waals surface area (Å²) in [6, 6.07) is 6.21. The maximum Gasteiger partial charge on any atom is 0.225 e. The highest BCUT2D eigenvalue weighted by Gasteiger charge is 2.44. The van der Waals surface area contributed by atoms with Crippen LogP contribution in [0.25, 0.3) is 0 Å². The number of amides is 1. The molecule has 4 rings (SSSR count). The number of methoxy groups -OCH3 is 1. The molecule has 6 heteroatoms. The normalized spacial score (nSPS) is 28.2. The van der Waals surface area contributed by atoms with Crippen LogP contribution in [0.2, 0.25) is 0 Å². The molecule has 0 aromatic heterocycles. The fourth-order valence-corrected chi connectivity index (χ4v) is 5.52. The lowest BCUT2D eigenvalue weighted by Gasteiger charge is -2.46.